The zero-order valence-electron chi connectivity index (χ0n) is 10.4. The molecular weight excluding hydrogens is 237 g/mol. The van der Waals surface area contributed by atoms with Crippen molar-refractivity contribution in [2.75, 3.05) is 19.9 Å². The molecular formula is C13H18FNOS. The predicted octanol–water partition coefficient (Wildman–Crippen LogP) is 2.98. The van der Waals surface area contributed by atoms with Crippen LogP contribution in [-0.2, 0) is 5.75 Å². The van der Waals surface area contributed by atoms with Gasteiger partial charge in [-0.1, -0.05) is 6.92 Å². The zero-order chi connectivity index (χ0) is 12.4. The van der Waals surface area contributed by atoms with Crippen LogP contribution in [0, 0.1) is 11.7 Å². The van der Waals surface area contributed by atoms with E-state index < -0.39 is 0 Å². The van der Waals surface area contributed by atoms with Crippen molar-refractivity contribution in [3.63, 3.8) is 0 Å². The van der Waals surface area contributed by atoms with Crippen LogP contribution in [-0.4, -0.2) is 19.9 Å². The highest BCUT2D eigenvalue weighted by Gasteiger charge is 2.28. The number of thioether (sulfide) groups is 1. The van der Waals surface area contributed by atoms with E-state index in [1.54, 1.807) is 13.2 Å². The van der Waals surface area contributed by atoms with E-state index in [-0.39, 0.29) is 11.9 Å². The van der Waals surface area contributed by atoms with Gasteiger partial charge in [-0.3, -0.25) is 0 Å². The monoisotopic (exact) mass is 255 g/mol. The van der Waals surface area contributed by atoms with Crippen molar-refractivity contribution in [3.8, 4) is 5.75 Å². The van der Waals surface area contributed by atoms with Gasteiger partial charge in [0.05, 0.1) is 7.11 Å². The minimum Gasteiger partial charge on any atom is -0.496 e. The molecule has 1 heterocycles. The normalized spacial score (nSPS) is 24.0. The Bertz CT molecular complexity index is 411. The van der Waals surface area contributed by atoms with Crippen LogP contribution in [0.5, 0.6) is 5.75 Å². The third-order valence-corrected chi connectivity index (χ3v) is 4.55. The molecule has 2 unspecified atom stereocenters. The van der Waals surface area contributed by atoms with Gasteiger partial charge in [-0.2, -0.15) is 11.8 Å². The summed E-state index contributed by atoms with van der Waals surface area (Å²) in [6.07, 6.45) is 0. The van der Waals surface area contributed by atoms with Crippen molar-refractivity contribution in [1.29, 1.82) is 0 Å². The molecule has 1 aliphatic rings. The quantitative estimate of drug-likeness (QED) is 0.878. The fraction of sp³-hybridized carbons (Fsp3) is 0.538. The van der Waals surface area contributed by atoms with Crippen molar-refractivity contribution < 1.29 is 9.13 Å². The third kappa shape index (κ3) is 2.29. The Morgan fingerprint density at radius 2 is 2.24 bits per heavy atom. The topological polar surface area (TPSA) is 21.3 Å². The van der Waals surface area contributed by atoms with Crippen LogP contribution < -0.4 is 10.1 Å². The lowest BCUT2D eigenvalue weighted by Gasteiger charge is -2.23. The average Bonchev–Trinajstić information content (AvgIpc) is 2.49. The summed E-state index contributed by atoms with van der Waals surface area (Å²) in [6, 6.07) is 3.29. The summed E-state index contributed by atoms with van der Waals surface area (Å²) < 4.78 is 19.4. The molecule has 1 aromatic rings. The van der Waals surface area contributed by atoms with Crippen LogP contribution in [0.2, 0.25) is 0 Å². The Morgan fingerprint density at radius 1 is 1.47 bits per heavy atom. The van der Waals surface area contributed by atoms with E-state index in [2.05, 4.69) is 12.2 Å². The first-order chi connectivity index (χ1) is 8.19. The Balaban J connectivity index is 2.57. The molecule has 0 aromatic heterocycles. The Morgan fingerprint density at radius 3 is 2.88 bits per heavy atom. The number of ether oxygens (including phenoxy) is 1. The number of hydrogen-bond donors (Lipinski definition) is 1. The Labute approximate surface area is 106 Å². The number of halogens is 1. The van der Waals surface area contributed by atoms with Crippen molar-refractivity contribution in [2.45, 2.75) is 18.7 Å². The SMILES string of the molecule is CNC1c2c(F)ccc(OC)c2CSCC1C. The first kappa shape index (κ1) is 12.7. The van der Waals surface area contributed by atoms with Crippen LogP contribution in [0.15, 0.2) is 12.1 Å². The molecule has 2 nitrogen and oxygen atoms in total. The maximum absolute atomic E-state index is 14.1. The van der Waals surface area contributed by atoms with Crippen molar-refractivity contribution in [1.82, 2.24) is 5.32 Å². The van der Waals surface area contributed by atoms with Gasteiger partial charge in [0.25, 0.3) is 0 Å². The van der Waals surface area contributed by atoms with E-state index in [1.165, 1.54) is 6.07 Å². The summed E-state index contributed by atoms with van der Waals surface area (Å²) >= 11 is 1.84. The van der Waals surface area contributed by atoms with E-state index in [0.717, 1.165) is 28.4 Å². The average molecular weight is 255 g/mol. The molecule has 2 atom stereocenters. The van der Waals surface area contributed by atoms with Crippen LogP contribution in [0.25, 0.3) is 0 Å². The molecule has 0 saturated heterocycles. The molecule has 1 N–H and O–H groups in total. The first-order valence-corrected chi connectivity index (χ1v) is 6.94. The van der Waals surface area contributed by atoms with E-state index >= 15 is 0 Å². The number of nitrogens with one attached hydrogen (secondary N) is 1. The molecule has 1 aromatic carbocycles. The molecule has 4 heteroatoms. The van der Waals surface area contributed by atoms with Crippen molar-refractivity contribution >= 4 is 11.8 Å². The zero-order valence-corrected chi connectivity index (χ0v) is 11.2. The lowest BCUT2D eigenvalue weighted by molar-refractivity contribution is 0.398. The maximum atomic E-state index is 14.1. The van der Waals surface area contributed by atoms with E-state index in [1.807, 2.05) is 18.8 Å². The number of fused-ring (bicyclic) bond motifs is 1. The molecule has 0 fully saturated rings. The van der Waals surface area contributed by atoms with Gasteiger partial charge >= 0.3 is 0 Å². The van der Waals surface area contributed by atoms with Gasteiger partial charge in [-0.15, -0.1) is 0 Å². The molecule has 0 spiro atoms. The number of methoxy groups -OCH3 is 1. The first-order valence-electron chi connectivity index (χ1n) is 5.79. The molecule has 94 valence electrons. The molecule has 0 aliphatic carbocycles. The smallest absolute Gasteiger partial charge is 0.128 e. The molecule has 2 rings (SSSR count). The van der Waals surface area contributed by atoms with Gasteiger partial charge in [0.15, 0.2) is 0 Å². The fourth-order valence-electron chi connectivity index (χ4n) is 2.45. The van der Waals surface area contributed by atoms with Crippen LogP contribution in [0.1, 0.15) is 24.1 Å². The highest BCUT2D eigenvalue weighted by molar-refractivity contribution is 7.98. The number of rotatable bonds is 2. The molecule has 0 bridgehead atoms. The van der Waals surface area contributed by atoms with E-state index in [4.69, 9.17) is 4.74 Å². The summed E-state index contributed by atoms with van der Waals surface area (Å²) in [5, 5.41) is 3.23. The lowest BCUT2D eigenvalue weighted by Crippen LogP contribution is -2.25. The van der Waals surface area contributed by atoms with Crippen LogP contribution >= 0.6 is 11.8 Å². The maximum Gasteiger partial charge on any atom is 0.128 e. The van der Waals surface area contributed by atoms with Gasteiger partial charge in [-0.05, 0) is 30.9 Å². The summed E-state index contributed by atoms with van der Waals surface area (Å²) in [5.74, 6) is 2.92. The third-order valence-electron chi connectivity index (χ3n) is 3.30. The summed E-state index contributed by atoms with van der Waals surface area (Å²) in [6.45, 7) is 2.15. The van der Waals surface area contributed by atoms with E-state index in [0.29, 0.717) is 5.92 Å². The molecule has 0 saturated carbocycles. The van der Waals surface area contributed by atoms with Crippen molar-refractivity contribution in [3.05, 3.63) is 29.1 Å². The largest absolute Gasteiger partial charge is 0.496 e. The van der Waals surface area contributed by atoms with Gasteiger partial charge in [0, 0.05) is 22.9 Å². The minimum absolute atomic E-state index is 0.0649. The van der Waals surface area contributed by atoms with Crippen LogP contribution in [0.4, 0.5) is 4.39 Å². The van der Waals surface area contributed by atoms with Gasteiger partial charge in [0.1, 0.15) is 11.6 Å². The van der Waals surface area contributed by atoms with Crippen molar-refractivity contribution in [2.24, 2.45) is 5.92 Å². The standard InChI is InChI=1S/C13H18FNOS/c1-8-6-17-7-9-11(16-3)5-4-10(14)12(9)13(8)15-2/h4-5,8,13,15H,6-7H2,1-3H3. The highest BCUT2D eigenvalue weighted by atomic mass is 32.2. The second kappa shape index (κ2) is 5.27. The molecule has 1 aliphatic heterocycles. The minimum atomic E-state index is -0.130. The molecule has 0 amide bonds. The summed E-state index contributed by atoms with van der Waals surface area (Å²) in [7, 11) is 3.53. The number of benzene rings is 1. The van der Waals surface area contributed by atoms with Gasteiger partial charge in [0.2, 0.25) is 0 Å². The Hall–Kier alpha value is -0.740. The molecule has 0 radical (unpaired) electrons. The summed E-state index contributed by atoms with van der Waals surface area (Å²) in [4.78, 5) is 0. The van der Waals surface area contributed by atoms with Gasteiger partial charge < -0.3 is 10.1 Å². The highest BCUT2D eigenvalue weighted by Crippen LogP contribution is 2.39. The fourth-order valence-corrected chi connectivity index (χ4v) is 3.63. The second-order valence-corrected chi connectivity index (χ2v) is 5.43. The lowest BCUT2D eigenvalue weighted by atomic mass is 9.92. The van der Waals surface area contributed by atoms with Gasteiger partial charge in [-0.25, -0.2) is 4.39 Å². The van der Waals surface area contributed by atoms with Crippen LogP contribution in [0.3, 0.4) is 0 Å². The second-order valence-electron chi connectivity index (χ2n) is 4.40. The van der Waals surface area contributed by atoms with E-state index in [9.17, 15) is 4.39 Å². The predicted molar refractivity (Wildman–Crippen MR) is 70.1 cm³/mol. The molecule has 17 heavy (non-hydrogen) atoms. The summed E-state index contributed by atoms with van der Waals surface area (Å²) in [5.41, 5.74) is 1.78. The number of hydrogen-bond acceptors (Lipinski definition) is 3. The Kier molecular flexibility index (Phi) is 3.94.